The first-order valence-electron chi connectivity index (χ1n) is 12.9. The molecule has 3 aliphatic heterocycles. The van der Waals surface area contributed by atoms with Crippen LogP contribution in [-0.2, 0) is 19.1 Å². The van der Waals surface area contributed by atoms with E-state index in [9.17, 15) is 24.6 Å². The number of anilines is 2. The van der Waals surface area contributed by atoms with Crippen LogP contribution >= 0.6 is 0 Å². The zero-order valence-electron chi connectivity index (χ0n) is 21.3. The number of likely N-dealkylation sites (tertiary alicyclic amines) is 1. The number of carboxylic acids is 1. The molecular formula is C27H37N3O6. The molecule has 3 aliphatic rings. The molecule has 0 radical (unpaired) electrons. The van der Waals surface area contributed by atoms with Gasteiger partial charge in [-0.3, -0.25) is 14.4 Å². The molecule has 0 aromatic heterocycles. The highest BCUT2D eigenvalue weighted by Crippen LogP contribution is 2.59. The largest absolute Gasteiger partial charge is 0.481 e. The summed E-state index contributed by atoms with van der Waals surface area (Å²) in [6.07, 6.45) is 2.37. The summed E-state index contributed by atoms with van der Waals surface area (Å²) in [6, 6.07) is 6.04. The van der Waals surface area contributed by atoms with Crippen LogP contribution in [0.15, 0.2) is 36.9 Å². The van der Waals surface area contributed by atoms with Crippen molar-refractivity contribution in [1.82, 2.24) is 4.90 Å². The van der Waals surface area contributed by atoms with Crippen LogP contribution in [0.1, 0.15) is 40.0 Å². The summed E-state index contributed by atoms with van der Waals surface area (Å²) in [7, 11) is 0. The van der Waals surface area contributed by atoms with Crippen LogP contribution in [-0.4, -0.2) is 82.9 Å². The average molecular weight is 500 g/mol. The molecule has 196 valence electrons. The summed E-state index contributed by atoms with van der Waals surface area (Å²) < 4.78 is 6.27. The van der Waals surface area contributed by atoms with Crippen molar-refractivity contribution in [2.45, 2.75) is 63.8 Å². The Morgan fingerprint density at radius 2 is 1.86 bits per heavy atom. The molecule has 0 unspecified atom stereocenters. The van der Waals surface area contributed by atoms with Gasteiger partial charge in [0.2, 0.25) is 5.91 Å². The number of aliphatic hydroxyl groups is 1. The minimum atomic E-state index is -1.22. The second kappa shape index (κ2) is 10.2. The van der Waals surface area contributed by atoms with Crippen molar-refractivity contribution in [2.75, 3.05) is 36.0 Å². The average Bonchev–Trinajstić information content (AvgIpc) is 3.52. The number of aliphatic hydroxyl groups excluding tert-OH is 1. The molecular weight excluding hydrogens is 462 g/mol. The summed E-state index contributed by atoms with van der Waals surface area (Å²) in [5, 5.41) is 20.0. The van der Waals surface area contributed by atoms with Crippen LogP contribution in [0.2, 0.25) is 0 Å². The highest BCUT2D eigenvalue weighted by atomic mass is 16.5. The van der Waals surface area contributed by atoms with Crippen molar-refractivity contribution in [2.24, 2.45) is 11.8 Å². The van der Waals surface area contributed by atoms with Crippen molar-refractivity contribution in [3.05, 3.63) is 36.9 Å². The van der Waals surface area contributed by atoms with Crippen molar-refractivity contribution in [3.8, 4) is 0 Å². The van der Waals surface area contributed by atoms with E-state index in [1.165, 1.54) is 4.90 Å². The first-order valence-corrected chi connectivity index (χ1v) is 12.9. The molecule has 3 saturated heterocycles. The van der Waals surface area contributed by atoms with E-state index in [1.807, 2.05) is 31.2 Å². The zero-order chi connectivity index (χ0) is 26.2. The highest BCUT2D eigenvalue weighted by molar-refractivity contribution is 6.04. The van der Waals surface area contributed by atoms with Crippen LogP contribution in [0.4, 0.5) is 11.4 Å². The minimum Gasteiger partial charge on any atom is -0.481 e. The minimum absolute atomic E-state index is 0.213. The zero-order valence-corrected chi connectivity index (χ0v) is 21.3. The molecule has 3 fully saturated rings. The first-order chi connectivity index (χ1) is 17.3. The van der Waals surface area contributed by atoms with Gasteiger partial charge in [-0.1, -0.05) is 13.0 Å². The van der Waals surface area contributed by atoms with E-state index in [-0.39, 0.29) is 19.1 Å². The molecule has 1 aromatic rings. The van der Waals surface area contributed by atoms with Crippen LogP contribution in [0.3, 0.4) is 0 Å². The molecule has 0 saturated carbocycles. The topological polar surface area (TPSA) is 111 Å². The van der Waals surface area contributed by atoms with Crippen LogP contribution in [0, 0.1) is 11.8 Å². The van der Waals surface area contributed by atoms with Crippen LogP contribution in [0.25, 0.3) is 0 Å². The molecule has 0 aliphatic carbocycles. The summed E-state index contributed by atoms with van der Waals surface area (Å²) in [6.45, 7) is 11.4. The standard InChI is InChI=1S/C27H37N3O6/c1-5-15-29(19-11-9-18(10-12-19)28(7-3)8-4)25(33)23-27-14-13-20(36-27)21(26(34)35)22(27)24(32)30(23)17(6-2)16-31/h5,9-12,17,20-23,31H,1,6-8,13-16H2,2-4H3,(H,34,35)/t17-,20-,21+,22+,23-,27+/m0/s1. The smallest absolute Gasteiger partial charge is 0.310 e. The predicted molar refractivity (Wildman–Crippen MR) is 136 cm³/mol. The highest BCUT2D eigenvalue weighted by Gasteiger charge is 2.75. The number of fused-ring (bicyclic) bond motifs is 1. The Balaban J connectivity index is 1.76. The number of carbonyl (C=O) groups is 3. The van der Waals surface area contributed by atoms with Gasteiger partial charge in [-0.05, 0) is 57.4 Å². The number of aliphatic carboxylic acids is 1. The van der Waals surface area contributed by atoms with E-state index in [4.69, 9.17) is 4.74 Å². The third kappa shape index (κ3) is 3.89. The number of benzene rings is 1. The number of hydrogen-bond acceptors (Lipinski definition) is 6. The summed E-state index contributed by atoms with van der Waals surface area (Å²) in [5.41, 5.74) is 0.479. The molecule has 2 amide bonds. The Morgan fingerprint density at radius 1 is 1.22 bits per heavy atom. The molecule has 2 N–H and O–H groups in total. The predicted octanol–water partition coefficient (Wildman–Crippen LogP) is 2.28. The van der Waals surface area contributed by atoms with Crippen LogP contribution in [0.5, 0.6) is 0 Å². The molecule has 2 bridgehead atoms. The van der Waals surface area contributed by atoms with Gasteiger partial charge in [0.15, 0.2) is 0 Å². The number of amides is 2. The van der Waals surface area contributed by atoms with Gasteiger partial charge in [-0.2, -0.15) is 0 Å². The van der Waals surface area contributed by atoms with Gasteiger partial charge in [0.05, 0.1) is 30.6 Å². The fourth-order valence-electron chi connectivity index (χ4n) is 6.49. The Morgan fingerprint density at radius 3 is 2.39 bits per heavy atom. The second-order valence-electron chi connectivity index (χ2n) is 9.81. The molecule has 1 aromatic carbocycles. The molecule has 9 heteroatoms. The lowest BCUT2D eigenvalue weighted by Gasteiger charge is -2.39. The molecule has 4 rings (SSSR count). The molecule has 3 heterocycles. The fraction of sp³-hybridized carbons (Fsp3) is 0.593. The van der Waals surface area contributed by atoms with E-state index in [2.05, 4.69) is 25.3 Å². The maximum Gasteiger partial charge on any atom is 0.310 e. The van der Waals surface area contributed by atoms with Gasteiger partial charge in [0.25, 0.3) is 5.91 Å². The molecule has 6 atom stereocenters. The van der Waals surface area contributed by atoms with E-state index >= 15 is 0 Å². The quantitative estimate of drug-likeness (QED) is 0.450. The molecule has 9 nitrogen and oxygen atoms in total. The van der Waals surface area contributed by atoms with Crippen molar-refractivity contribution < 1.29 is 29.3 Å². The lowest BCUT2D eigenvalue weighted by molar-refractivity contribution is -0.151. The van der Waals surface area contributed by atoms with E-state index in [0.29, 0.717) is 24.9 Å². The normalized spacial score (nSPS) is 29.2. The second-order valence-corrected chi connectivity index (χ2v) is 9.81. The lowest BCUT2D eigenvalue weighted by atomic mass is 9.70. The van der Waals surface area contributed by atoms with Crippen LogP contribution < -0.4 is 9.80 Å². The summed E-state index contributed by atoms with van der Waals surface area (Å²) in [4.78, 5) is 45.4. The van der Waals surface area contributed by atoms with Gasteiger partial charge >= 0.3 is 5.97 Å². The SMILES string of the molecule is C=CCN(C(=O)[C@@H]1N([C@@H](CC)CO)C(=O)[C@H]2[C@H](C(=O)O)[C@@H]3CC[C@]12O3)c1ccc(N(CC)CC)cc1. The maximum absolute atomic E-state index is 14.3. The molecule has 36 heavy (non-hydrogen) atoms. The van der Waals surface area contributed by atoms with E-state index in [0.717, 1.165) is 18.8 Å². The third-order valence-electron chi connectivity index (χ3n) is 8.20. The number of nitrogens with zero attached hydrogens (tertiary/aromatic N) is 3. The number of ether oxygens (including phenoxy) is 1. The number of hydrogen-bond donors (Lipinski definition) is 2. The van der Waals surface area contributed by atoms with Crippen molar-refractivity contribution >= 4 is 29.2 Å². The molecule has 1 spiro atoms. The van der Waals surface area contributed by atoms with E-state index < -0.39 is 47.5 Å². The van der Waals surface area contributed by atoms with Gasteiger partial charge in [-0.15, -0.1) is 6.58 Å². The van der Waals surface area contributed by atoms with Gasteiger partial charge in [0.1, 0.15) is 11.6 Å². The first kappa shape index (κ1) is 26.2. The number of carbonyl (C=O) groups excluding carboxylic acids is 2. The van der Waals surface area contributed by atoms with Crippen molar-refractivity contribution in [1.29, 1.82) is 0 Å². The Labute approximate surface area is 212 Å². The van der Waals surface area contributed by atoms with Gasteiger partial charge in [-0.25, -0.2) is 0 Å². The third-order valence-corrected chi connectivity index (χ3v) is 8.20. The maximum atomic E-state index is 14.3. The van der Waals surface area contributed by atoms with Gasteiger partial charge < -0.3 is 29.6 Å². The Kier molecular flexibility index (Phi) is 7.43. The summed E-state index contributed by atoms with van der Waals surface area (Å²) in [5.74, 6) is -3.79. The fourth-order valence-corrected chi connectivity index (χ4v) is 6.49. The van der Waals surface area contributed by atoms with E-state index in [1.54, 1.807) is 11.0 Å². The number of carboxylic acid groups (broad SMARTS) is 1. The monoisotopic (exact) mass is 499 g/mol. The number of rotatable bonds is 11. The van der Waals surface area contributed by atoms with Gasteiger partial charge in [0, 0.05) is 31.0 Å². The lowest BCUT2D eigenvalue weighted by Crippen LogP contribution is -2.59. The summed E-state index contributed by atoms with van der Waals surface area (Å²) >= 11 is 0. The van der Waals surface area contributed by atoms with Crippen molar-refractivity contribution in [3.63, 3.8) is 0 Å². The Bertz CT molecular complexity index is 1010. The Hall–Kier alpha value is -2.91.